The van der Waals surface area contributed by atoms with Crippen LogP contribution < -0.4 is 4.90 Å². The number of piperidine rings is 1. The number of halogens is 1. The van der Waals surface area contributed by atoms with Gasteiger partial charge in [0.25, 0.3) is 0 Å². The number of anilines is 1. The first-order chi connectivity index (χ1) is 14.3. The van der Waals surface area contributed by atoms with Gasteiger partial charge in [0, 0.05) is 41.1 Å². The zero-order valence-electron chi connectivity index (χ0n) is 19.5. The first-order valence-electron chi connectivity index (χ1n) is 10.7. The molecular weight excluding hydrogens is 412 g/mol. The van der Waals surface area contributed by atoms with Gasteiger partial charge in [-0.05, 0) is 63.6 Å². The topological polar surface area (TPSA) is 73.7 Å². The Morgan fingerprint density at radius 2 is 1.81 bits per heavy atom. The van der Waals surface area contributed by atoms with Gasteiger partial charge in [0.1, 0.15) is 0 Å². The summed E-state index contributed by atoms with van der Waals surface area (Å²) in [5, 5.41) is 18.6. The molecule has 0 saturated carbocycles. The molecule has 0 aliphatic carbocycles. The maximum Gasteiger partial charge on any atom is 0.307 e. The Labute approximate surface area is 191 Å². The quantitative estimate of drug-likeness (QED) is 0.626. The Kier molecular flexibility index (Phi) is 8.12. The molecule has 1 aliphatic heterocycles. The third-order valence-electron chi connectivity index (χ3n) is 5.26. The van der Waals surface area contributed by atoms with E-state index in [1.807, 2.05) is 37.4 Å². The summed E-state index contributed by atoms with van der Waals surface area (Å²) in [6, 6.07) is 7.67. The summed E-state index contributed by atoms with van der Waals surface area (Å²) in [5.41, 5.74) is 4.32. The van der Waals surface area contributed by atoms with Gasteiger partial charge in [-0.1, -0.05) is 37.6 Å². The molecule has 6 heteroatoms. The zero-order valence-corrected chi connectivity index (χ0v) is 20.3. The van der Waals surface area contributed by atoms with E-state index in [4.69, 9.17) is 16.7 Å². The number of rotatable bonds is 4. The largest absolute Gasteiger partial charge is 0.481 e. The lowest BCUT2D eigenvalue weighted by Crippen LogP contribution is -2.38. The molecule has 0 radical (unpaired) electrons. The lowest BCUT2D eigenvalue weighted by molar-refractivity contribution is -0.136. The number of aromatic nitrogens is 1. The number of aliphatic carboxylic acids is 1. The smallest absolute Gasteiger partial charge is 0.307 e. The second kappa shape index (κ2) is 10.0. The van der Waals surface area contributed by atoms with Gasteiger partial charge in [0.15, 0.2) is 0 Å². The molecule has 170 valence electrons. The average Bonchev–Trinajstić information content (AvgIpc) is 2.62. The van der Waals surface area contributed by atoms with Crippen molar-refractivity contribution in [1.29, 1.82) is 0 Å². The number of benzene rings is 1. The number of hydrogen-bond donors (Lipinski definition) is 2. The highest BCUT2D eigenvalue weighted by molar-refractivity contribution is 6.30. The van der Waals surface area contributed by atoms with Crippen molar-refractivity contribution >= 4 is 23.3 Å². The Morgan fingerprint density at radius 3 is 2.32 bits per heavy atom. The number of carboxylic acids is 1. The maximum atomic E-state index is 11.5. The first-order valence-corrected chi connectivity index (χ1v) is 11.1. The van der Waals surface area contributed by atoms with Gasteiger partial charge in [-0.3, -0.25) is 9.78 Å². The fourth-order valence-corrected chi connectivity index (χ4v) is 3.75. The molecule has 0 spiro atoms. The minimum absolute atomic E-state index is 0.0253. The first kappa shape index (κ1) is 25.2. The molecule has 1 aromatic heterocycles. The minimum Gasteiger partial charge on any atom is -0.481 e. The molecule has 1 aliphatic rings. The van der Waals surface area contributed by atoms with Crippen LogP contribution in [-0.4, -0.2) is 39.9 Å². The monoisotopic (exact) mass is 446 g/mol. The highest BCUT2D eigenvalue weighted by Gasteiger charge is 2.29. The Morgan fingerprint density at radius 1 is 1.23 bits per heavy atom. The number of pyridine rings is 1. The van der Waals surface area contributed by atoms with E-state index >= 15 is 0 Å². The van der Waals surface area contributed by atoms with Gasteiger partial charge in [0.2, 0.25) is 0 Å². The molecule has 1 saturated heterocycles. The molecule has 1 fully saturated rings. The molecule has 2 heterocycles. The van der Waals surface area contributed by atoms with E-state index in [9.17, 15) is 9.90 Å². The van der Waals surface area contributed by atoms with Crippen LogP contribution in [-0.2, 0) is 11.2 Å². The van der Waals surface area contributed by atoms with Gasteiger partial charge in [-0.2, -0.15) is 0 Å². The maximum absolute atomic E-state index is 11.5. The summed E-state index contributed by atoms with van der Waals surface area (Å²) in [7, 11) is 0. The Hall–Kier alpha value is -2.11. The van der Waals surface area contributed by atoms with Crippen molar-refractivity contribution in [3.8, 4) is 11.1 Å². The summed E-state index contributed by atoms with van der Waals surface area (Å²) in [6.07, 6.45) is 3.98. The minimum atomic E-state index is -0.836. The fourth-order valence-electron chi connectivity index (χ4n) is 3.56. The van der Waals surface area contributed by atoms with Crippen LogP contribution in [0.5, 0.6) is 0 Å². The van der Waals surface area contributed by atoms with E-state index in [0.717, 1.165) is 54.0 Å². The number of aryl methyl sites for hydroxylation is 1. The van der Waals surface area contributed by atoms with Gasteiger partial charge in [0.05, 0.1) is 17.7 Å². The van der Waals surface area contributed by atoms with E-state index in [1.54, 1.807) is 20.8 Å². The third-order valence-corrected chi connectivity index (χ3v) is 5.50. The van der Waals surface area contributed by atoms with E-state index < -0.39 is 11.6 Å². The van der Waals surface area contributed by atoms with Crippen LogP contribution in [0.1, 0.15) is 58.7 Å². The van der Waals surface area contributed by atoms with E-state index in [1.165, 1.54) is 0 Å². The van der Waals surface area contributed by atoms with Crippen LogP contribution in [0.15, 0.2) is 30.5 Å². The van der Waals surface area contributed by atoms with E-state index in [0.29, 0.717) is 10.4 Å². The van der Waals surface area contributed by atoms with Crippen molar-refractivity contribution in [2.45, 2.75) is 66.4 Å². The number of aliphatic hydroxyl groups is 1. The molecule has 2 aromatic rings. The van der Waals surface area contributed by atoms with Crippen LogP contribution in [0.3, 0.4) is 0 Å². The Balaban J connectivity index is 0.000000614. The van der Waals surface area contributed by atoms with Crippen molar-refractivity contribution in [2.24, 2.45) is 5.41 Å². The van der Waals surface area contributed by atoms with Crippen LogP contribution >= 0.6 is 11.6 Å². The Bertz CT molecular complexity index is 903. The fraction of sp³-hybridized carbons (Fsp3) is 0.520. The molecule has 1 aromatic carbocycles. The molecule has 3 rings (SSSR count). The number of carbonyl (C=O) groups is 1. The highest BCUT2D eigenvalue weighted by atomic mass is 35.5. The van der Waals surface area contributed by atoms with Gasteiger partial charge < -0.3 is 15.1 Å². The molecule has 31 heavy (non-hydrogen) atoms. The molecule has 0 atom stereocenters. The zero-order chi connectivity index (χ0) is 23.4. The van der Waals surface area contributed by atoms with Crippen LogP contribution in [0.25, 0.3) is 11.1 Å². The van der Waals surface area contributed by atoms with E-state index in [-0.39, 0.29) is 6.42 Å². The molecule has 2 N–H and O–H groups in total. The average molecular weight is 447 g/mol. The SMILES string of the molecule is CC(C)(C)O.Cc1ncc(-c2cccc(Cl)c2)c(N2CCC(C)(C)CC2)c1CC(=O)O. The van der Waals surface area contributed by atoms with E-state index in [2.05, 4.69) is 23.7 Å². The van der Waals surface area contributed by atoms with Gasteiger partial charge in [-0.15, -0.1) is 0 Å². The predicted octanol–water partition coefficient (Wildman–Crippen LogP) is 5.74. The van der Waals surface area contributed by atoms with Crippen molar-refractivity contribution in [1.82, 2.24) is 4.98 Å². The normalized spacial score (nSPS) is 15.8. The van der Waals surface area contributed by atoms with Crippen molar-refractivity contribution in [3.63, 3.8) is 0 Å². The van der Waals surface area contributed by atoms with Crippen molar-refractivity contribution < 1.29 is 15.0 Å². The summed E-state index contributed by atoms with van der Waals surface area (Å²) in [4.78, 5) is 18.3. The van der Waals surface area contributed by atoms with Crippen molar-refractivity contribution in [3.05, 3.63) is 46.7 Å². The molecule has 0 amide bonds. The molecular formula is C25H35ClN2O3. The van der Waals surface area contributed by atoms with Crippen LogP contribution in [0.4, 0.5) is 5.69 Å². The van der Waals surface area contributed by atoms with Gasteiger partial charge in [-0.25, -0.2) is 0 Å². The third kappa shape index (κ3) is 7.82. The summed E-state index contributed by atoms with van der Waals surface area (Å²) >= 11 is 6.20. The number of nitrogens with zero attached hydrogens (tertiary/aromatic N) is 2. The second-order valence-corrected chi connectivity index (χ2v) is 10.4. The molecule has 0 bridgehead atoms. The predicted molar refractivity (Wildman–Crippen MR) is 128 cm³/mol. The lowest BCUT2D eigenvalue weighted by Gasteiger charge is -2.40. The number of hydrogen-bond acceptors (Lipinski definition) is 4. The molecule has 0 unspecified atom stereocenters. The van der Waals surface area contributed by atoms with Crippen molar-refractivity contribution in [2.75, 3.05) is 18.0 Å². The standard InChI is InChI=1S/C21H25ClN2O2.C4H10O/c1-14-17(12-19(25)26)20(24-9-7-21(2,3)8-10-24)18(13-23-14)15-5-4-6-16(22)11-15;1-4(2,3)5/h4-6,11,13H,7-10,12H2,1-3H3,(H,25,26);5H,1-3H3. The lowest BCUT2D eigenvalue weighted by atomic mass is 9.82. The highest BCUT2D eigenvalue weighted by Crippen LogP contribution is 2.40. The van der Waals surface area contributed by atoms with Gasteiger partial charge >= 0.3 is 5.97 Å². The van der Waals surface area contributed by atoms with Crippen LogP contribution in [0.2, 0.25) is 5.02 Å². The number of carboxylic acid groups (broad SMARTS) is 1. The van der Waals surface area contributed by atoms with Crippen LogP contribution in [0, 0.1) is 12.3 Å². The summed E-state index contributed by atoms with van der Waals surface area (Å²) < 4.78 is 0. The second-order valence-electron chi connectivity index (χ2n) is 9.99. The summed E-state index contributed by atoms with van der Waals surface area (Å²) in [5.74, 6) is -0.836. The summed E-state index contributed by atoms with van der Waals surface area (Å²) in [6.45, 7) is 13.5. The molecule has 5 nitrogen and oxygen atoms in total.